The van der Waals surface area contributed by atoms with Gasteiger partial charge in [-0.1, -0.05) is 60.7 Å². The molecule has 0 aliphatic carbocycles. The standard InChI is InChI=1S/C19H22ClNO/c20-13-7-12-18-14-21(22)15-19(18,16-8-3-1-4-9-16)17-10-5-2-6-11-17/h1-6,8-11,18,21H,7,12-15H2. The van der Waals surface area contributed by atoms with E-state index < -0.39 is 0 Å². The molecule has 3 rings (SSSR count). The normalized spacial score (nSPS) is 23.5. The van der Waals surface area contributed by atoms with Crippen LogP contribution in [0.1, 0.15) is 24.0 Å². The van der Waals surface area contributed by atoms with Crippen LogP contribution in [0.2, 0.25) is 0 Å². The predicted molar refractivity (Wildman–Crippen MR) is 91.2 cm³/mol. The van der Waals surface area contributed by atoms with Crippen molar-refractivity contribution in [3.05, 3.63) is 77.0 Å². The fourth-order valence-electron chi connectivity index (χ4n) is 3.96. The molecule has 2 aromatic rings. The van der Waals surface area contributed by atoms with Crippen molar-refractivity contribution in [3.63, 3.8) is 0 Å². The van der Waals surface area contributed by atoms with E-state index in [4.69, 9.17) is 11.6 Å². The van der Waals surface area contributed by atoms with Gasteiger partial charge in [0.1, 0.15) is 0 Å². The Morgan fingerprint density at radius 1 is 1.00 bits per heavy atom. The molecular weight excluding hydrogens is 294 g/mol. The smallest absolute Gasteiger partial charge is 0.0912 e. The number of nitrogens with one attached hydrogen (secondary N) is 1. The van der Waals surface area contributed by atoms with Crippen LogP contribution in [0.4, 0.5) is 0 Å². The van der Waals surface area contributed by atoms with Gasteiger partial charge in [-0.15, -0.1) is 11.6 Å². The Balaban J connectivity index is 2.10. The lowest BCUT2D eigenvalue weighted by atomic mass is 9.66. The topological polar surface area (TPSA) is 27.5 Å². The molecule has 1 saturated heterocycles. The largest absolute Gasteiger partial charge is 0.634 e. The van der Waals surface area contributed by atoms with E-state index in [9.17, 15) is 5.21 Å². The first-order chi connectivity index (χ1) is 10.8. The average Bonchev–Trinajstić information content (AvgIpc) is 2.92. The van der Waals surface area contributed by atoms with Crippen LogP contribution in [0.15, 0.2) is 60.7 Å². The molecule has 0 spiro atoms. The van der Waals surface area contributed by atoms with E-state index in [-0.39, 0.29) is 5.41 Å². The highest BCUT2D eigenvalue weighted by molar-refractivity contribution is 6.17. The molecule has 2 atom stereocenters. The SMILES string of the molecule is [O-][NH+]1CC(CCCCl)C(c2ccccc2)(c2ccccc2)C1. The maximum absolute atomic E-state index is 12.3. The lowest BCUT2D eigenvalue weighted by molar-refractivity contribution is -0.837. The Kier molecular flexibility index (Phi) is 4.82. The molecule has 3 heteroatoms. The van der Waals surface area contributed by atoms with Gasteiger partial charge in [0, 0.05) is 11.8 Å². The van der Waals surface area contributed by atoms with E-state index in [0.717, 1.165) is 12.8 Å². The average molecular weight is 316 g/mol. The molecule has 2 aromatic carbocycles. The van der Waals surface area contributed by atoms with Crippen molar-refractivity contribution in [1.82, 2.24) is 0 Å². The lowest BCUT2D eigenvalue weighted by Crippen LogP contribution is -3.05. The van der Waals surface area contributed by atoms with Gasteiger partial charge in [0.2, 0.25) is 0 Å². The van der Waals surface area contributed by atoms with Gasteiger partial charge in [0.05, 0.1) is 18.5 Å². The Morgan fingerprint density at radius 3 is 2.05 bits per heavy atom. The highest BCUT2D eigenvalue weighted by Crippen LogP contribution is 2.42. The molecule has 1 aliphatic heterocycles. The summed E-state index contributed by atoms with van der Waals surface area (Å²) in [5.41, 5.74) is 2.32. The van der Waals surface area contributed by atoms with Crippen molar-refractivity contribution in [2.24, 2.45) is 5.92 Å². The number of hydrogen-bond acceptors (Lipinski definition) is 1. The predicted octanol–water partition coefficient (Wildman–Crippen LogP) is 3.00. The second kappa shape index (κ2) is 6.82. The van der Waals surface area contributed by atoms with Gasteiger partial charge in [0.15, 0.2) is 0 Å². The van der Waals surface area contributed by atoms with Gasteiger partial charge in [-0.3, -0.25) is 0 Å². The quantitative estimate of drug-likeness (QED) is 0.666. The Morgan fingerprint density at radius 2 is 1.55 bits per heavy atom. The number of quaternary nitrogens is 1. The summed E-state index contributed by atoms with van der Waals surface area (Å²) in [6.07, 6.45) is 1.96. The third-order valence-corrected chi connectivity index (χ3v) is 5.18. The van der Waals surface area contributed by atoms with E-state index in [1.807, 2.05) is 12.1 Å². The molecule has 0 amide bonds. The number of hydrogen-bond donors (Lipinski definition) is 1. The van der Waals surface area contributed by atoms with Crippen LogP contribution in [0.25, 0.3) is 0 Å². The van der Waals surface area contributed by atoms with Gasteiger partial charge < -0.3 is 10.3 Å². The molecule has 0 aromatic heterocycles. The molecule has 2 unspecified atom stereocenters. The summed E-state index contributed by atoms with van der Waals surface area (Å²) in [4.78, 5) is 0. The minimum Gasteiger partial charge on any atom is -0.634 e. The number of benzene rings is 2. The van der Waals surface area contributed by atoms with Crippen molar-refractivity contribution in [2.45, 2.75) is 18.3 Å². The number of alkyl halides is 1. The maximum atomic E-state index is 12.3. The van der Waals surface area contributed by atoms with Crippen LogP contribution < -0.4 is 5.06 Å². The van der Waals surface area contributed by atoms with Crippen molar-refractivity contribution in [2.75, 3.05) is 19.0 Å². The molecule has 2 nitrogen and oxygen atoms in total. The van der Waals surface area contributed by atoms with E-state index in [1.165, 1.54) is 11.1 Å². The maximum Gasteiger partial charge on any atom is 0.0912 e. The fraction of sp³-hybridized carbons (Fsp3) is 0.368. The second-order valence-corrected chi connectivity index (χ2v) is 6.53. The highest BCUT2D eigenvalue weighted by atomic mass is 35.5. The van der Waals surface area contributed by atoms with Crippen molar-refractivity contribution in [1.29, 1.82) is 0 Å². The third-order valence-electron chi connectivity index (χ3n) is 4.91. The van der Waals surface area contributed by atoms with E-state index >= 15 is 0 Å². The molecule has 116 valence electrons. The molecule has 1 aliphatic rings. The lowest BCUT2D eigenvalue weighted by Gasteiger charge is -2.34. The summed E-state index contributed by atoms with van der Waals surface area (Å²) in [5, 5.41) is 12.7. The molecule has 1 N–H and O–H groups in total. The van der Waals surface area contributed by atoms with Crippen LogP contribution >= 0.6 is 11.6 Å². The van der Waals surface area contributed by atoms with Gasteiger partial charge in [-0.05, 0) is 24.0 Å². The van der Waals surface area contributed by atoms with E-state index in [2.05, 4.69) is 48.5 Å². The zero-order valence-electron chi connectivity index (χ0n) is 12.7. The minimum absolute atomic E-state index is 0.189. The summed E-state index contributed by atoms with van der Waals surface area (Å²) in [7, 11) is 0. The molecular formula is C19H22ClNO. The molecule has 22 heavy (non-hydrogen) atoms. The third kappa shape index (κ3) is 2.79. The van der Waals surface area contributed by atoms with Crippen LogP contribution in [-0.2, 0) is 5.41 Å². The number of rotatable bonds is 5. The zero-order valence-corrected chi connectivity index (χ0v) is 13.4. The molecule has 0 radical (unpaired) electrons. The first-order valence-corrected chi connectivity index (χ1v) is 8.49. The Hall–Kier alpha value is -1.35. The molecule has 1 heterocycles. The first-order valence-electron chi connectivity index (χ1n) is 7.96. The molecule has 0 bridgehead atoms. The monoisotopic (exact) mass is 315 g/mol. The van der Waals surface area contributed by atoms with Crippen molar-refractivity contribution < 1.29 is 5.06 Å². The summed E-state index contributed by atoms with van der Waals surface area (Å²) in [6.45, 7) is 1.27. The van der Waals surface area contributed by atoms with E-state index in [0.29, 0.717) is 30.0 Å². The summed E-state index contributed by atoms with van der Waals surface area (Å²) in [6, 6.07) is 21.0. The fourth-order valence-corrected chi connectivity index (χ4v) is 4.12. The van der Waals surface area contributed by atoms with Gasteiger partial charge in [-0.25, -0.2) is 0 Å². The van der Waals surface area contributed by atoms with Crippen molar-refractivity contribution in [3.8, 4) is 0 Å². The second-order valence-electron chi connectivity index (χ2n) is 6.15. The molecule has 0 saturated carbocycles. The molecule has 1 fully saturated rings. The van der Waals surface area contributed by atoms with Gasteiger partial charge in [0.25, 0.3) is 0 Å². The van der Waals surface area contributed by atoms with Gasteiger partial charge >= 0.3 is 0 Å². The Labute approximate surface area is 137 Å². The van der Waals surface area contributed by atoms with Crippen molar-refractivity contribution >= 4 is 11.6 Å². The zero-order chi connectivity index (χ0) is 15.4. The number of halogens is 1. The van der Waals surface area contributed by atoms with E-state index in [1.54, 1.807) is 0 Å². The van der Waals surface area contributed by atoms with Gasteiger partial charge in [-0.2, -0.15) is 0 Å². The van der Waals surface area contributed by atoms with Crippen LogP contribution in [0.3, 0.4) is 0 Å². The summed E-state index contributed by atoms with van der Waals surface area (Å²) < 4.78 is 0. The first kappa shape index (κ1) is 15.5. The summed E-state index contributed by atoms with van der Waals surface area (Å²) >= 11 is 5.92. The minimum atomic E-state index is -0.189. The summed E-state index contributed by atoms with van der Waals surface area (Å²) in [5.74, 6) is 0.994. The Bertz CT molecular complexity index is 547. The highest BCUT2D eigenvalue weighted by Gasteiger charge is 2.49. The van der Waals surface area contributed by atoms with Crippen LogP contribution in [0.5, 0.6) is 0 Å². The van der Waals surface area contributed by atoms with Crippen LogP contribution in [0, 0.1) is 11.1 Å². The van der Waals surface area contributed by atoms with Crippen LogP contribution in [-0.4, -0.2) is 19.0 Å². The number of hydroxylamine groups is 2.